The van der Waals surface area contributed by atoms with Crippen molar-refractivity contribution in [2.75, 3.05) is 13.6 Å². The van der Waals surface area contributed by atoms with Gasteiger partial charge in [0.25, 0.3) is 0 Å². The molecular formula is C13H21FN2O2S. The van der Waals surface area contributed by atoms with Crippen molar-refractivity contribution in [3.05, 3.63) is 30.1 Å². The van der Waals surface area contributed by atoms with Gasteiger partial charge >= 0.3 is 0 Å². The second-order valence-corrected chi connectivity index (χ2v) is 7.03. The largest absolute Gasteiger partial charge is 0.327 e. The summed E-state index contributed by atoms with van der Waals surface area (Å²) in [4.78, 5) is -0.0341. The number of hydrogen-bond acceptors (Lipinski definition) is 3. The smallest absolute Gasteiger partial charge is 0.242 e. The van der Waals surface area contributed by atoms with Gasteiger partial charge in [-0.3, -0.25) is 0 Å². The Morgan fingerprint density at radius 3 is 2.53 bits per heavy atom. The van der Waals surface area contributed by atoms with E-state index < -0.39 is 15.8 Å². The summed E-state index contributed by atoms with van der Waals surface area (Å²) in [6.07, 6.45) is 0.572. The zero-order valence-electron chi connectivity index (χ0n) is 11.5. The normalized spacial score (nSPS) is 14.1. The molecule has 0 aromatic heterocycles. The van der Waals surface area contributed by atoms with Crippen molar-refractivity contribution in [3.63, 3.8) is 0 Å². The fraction of sp³-hybridized carbons (Fsp3) is 0.538. The molecule has 1 atom stereocenters. The molecule has 0 saturated heterocycles. The van der Waals surface area contributed by atoms with Crippen molar-refractivity contribution in [3.8, 4) is 0 Å². The number of nitrogens with zero attached hydrogens (tertiary/aromatic N) is 1. The van der Waals surface area contributed by atoms with Gasteiger partial charge in [0.1, 0.15) is 5.82 Å². The first kappa shape index (κ1) is 16.1. The molecule has 6 heteroatoms. The molecule has 0 fully saturated rings. The predicted molar refractivity (Wildman–Crippen MR) is 73.6 cm³/mol. The minimum absolute atomic E-state index is 0.0341. The third-order valence-electron chi connectivity index (χ3n) is 3.14. The van der Waals surface area contributed by atoms with E-state index in [9.17, 15) is 12.8 Å². The van der Waals surface area contributed by atoms with Crippen LogP contribution in [0.2, 0.25) is 0 Å². The fourth-order valence-corrected chi connectivity index (χ4v) is 2.81. The summed E-state index contributed by atoms with van der Waals surface area (Å²) in [5.41, 5.74) is 5.89. The fourth-order valence-electron chi connectivity index (χ4n) is 1.59. The van der Waals surface area contributed by atoms with Crippen LogP contribution in [0.1, 0.15) is 20.3 Å². The summed E-state index contributed by atoms with van der Waals surface area (Å²) in [5, 5.41) is 0. The van der Waals surface area contributed by atoms with Crippen molar-refractivity contribution in [1.82, 2.24) is 4.31 Å². The van der Waals surface area contributed by atoms with Crippen LogP contribution in [0.3, 0.4) is 0 Å². The summed E-state index contributed by atoms with van der Waals surface area (Å²) in [6.45, 7) is 4.30. The molecule has 1 rings (SSSR count). The average Bonchev–Trinajstić information content (AvgIpc) is 2.35. The molecule has 4 nitrogen and oxygen atoms in total. The van der Waals surface area contributed by atoms with E-state index in [2.05, 4.69) is 0 Å². The van der Waals surface area contributed by atoms with Crippen LogP contribution in [-0.2, 0) is 10.0 Å². The molecule has 2 N–H and O–H groups in total. The summed E-state index contributed by atoms with van der Waals surface area (Å²) in [5.74, 6) is -0.265. The van der Waals surface area contributed by atoms with Gasteiger partial charge in [-0.15, -0.1) is 0 Å². The van der Waals surface area contributed by atoms with Crippen LogP contribution in [-0.4, -0.2) is 32.4 Å². The second-order valence-electron chi connectivity index (χ2n) is 4.98. The van der Waals surface area contributed by atoms with E-state index in [-0.39, 0.29) is 10.9 Å². The lowest BCUT2D eigenvalue weighted by molar-refractivity contribution is 0.397. The van der Waals surface area contributed by atoms with Crippen molar-refractivity contribution in [1.29, 1.82) is 0 Å². The SMILES string of the molecule is CC(C)C(N)CCN(C)S(=O)(=O)c1cccc(F)c1. The Morgan fingerprint density at radius 1 is 1.37 bits per heavy atom. The van der Waals surface area contributed by atoms with E-state index in [1.165, 1.54) is 29.6 Å². The molecule has 0 heterocycles. The van der Waals surface area contributed by atoms with E-state index in [4.69, 9.17) is 5.73 Å². The van der Waals surface area contributed by atoms with Gasteiger partial charge in [-0.25, -0.2) is 17.1 Å². The Hall–Kier alpha value is -0.980. The summed E-state index contributed by atoms with van der Waals surface area (Å²) in [7, 11) is -2.17. The molecule has 0 saturated carbocycles. The van der Waals surface area contributed by atoms with Gasteiger partial charge in [0, 0.05) is 19.6 Å². The monoisotopic (exact) mass is 288 g/mol. The first-order valence-corrected chi connectivity index (χ1v) is 7.66. The zero-order valence-corrected chi connectivity index (χ0v) is 12.3. The van der Waals surface area contributed by atoms with Gasteiger partial charge in [-0.2, -0.15) is 0 Å². The Morgan fingerprint density at radius 2 is 2.00 bits per heavy atom. The molecule has 0 bridgehead atoms. The van der Waals surface area contributed by atoms with Crippen LogP contribution in [0, 0.1) is 11.7 Å². The number of hydrogen-bond donors (Lipinski definition) is 1. The molecule has 19 heavy (non-hydrogen) atoms. The Kier molecular flexibility index (Phi) is 5.46. The van der Waals surface area contributed by atoms with E-state index in [1.54, 1.807) is 0 Å². The van der Waals surface area contributed by atoms with Crippen LogP contribution in [0.25, 0.3) is 0 Å². The lowest BCUT2D eigenvalue weighted by atomic mass is 10.0. The maximum Gasteiger partial charge on any atom is 0.242 e. The number of halogens is 1. The van der Waals surface area contributed by atoms with Crippen molar-refractivity contribution in [2.24, 2.45) is 11.7 Å². The Balaban J connectivity index is 2.78. The van der Waals surface area contributed by atoms with Crippen molar-refractivity contribution in [2.45, 2.75) is 31.2 Å². The third kappa shape index (κ3) is 4.26. The number of sulfonamides is 1. The van der Waals surface area contributed by atoms with Gasteiger partial charge in [0.2, 0.25) is 10.0 Å². The molecule has 1 aromatic carbocycles. The Bertz CT molecular complexity index is 517. The average molecular weight is 288 g/mol. The summed E-state index contributed by atoms with van der Waals surface area (Å²) >= 11 is 0. The lowest BCUT2D eigenvalue weighted by Gasteiger charge is -2.21. The quantitative estimate of drug-likeness (QED) is 0.868. The Labute approximate surface area is 114 Å². The van der Waals surface area contributed by atoms with Gasteiger partial charge in [0.05, 0.1) is 4.90 Å². The van der Waals surface area contributed by atoms with Crippen LogP contribution in [0.5, 0.6) is 0 Å². The molecule has 1 aromatic rings. The van der Waals surface area contributed by atoms with E-state index in [0.29, 0.717) is 18.9 Å². The van der Waals surface area contributed by atoms with Crippen LogP contribution in [0.4, 0.5) is 4.39 Å². The highest BCUT2D eigenvalue weighted by Crippen LogP contribution is 2.16. The molecule has 108 valence electrons. The standard InChI is InChI=1S/C13H21FN2O2S/c1-10(2)13(15)7-8-16(3)19(17,18)12-6-4-5-11(14)9-12/h4-6,9-10,13H,7-8,15H2,1-3H3. The second kappa shape index (κ2) is 6.45. The van der Waals surface area contributed by atoms with Crippen LogP contribution in [0.15, 0.2) is 29.2 Å². The first-order valence-electron chi connectivity index (χ1n) is 6.22. The summed E-state index contributed by atoms with van der Waals surface area (Å²) in [6, 6.07) is 4.96. The van der Waals surface area contributed by atoms with Gasteiger partial charge in [-0.05, 0) is 30.5 Å². The molecule has 0 amide bonds. The maximum absolute atomic E-state index is 13.1. The van der Waals surface area contributed by atoms with Gasteiger partial charge < -0.3 is 5.73 Å². The topological polar surface area (TPSA) is 63.4 Å². The van der Waals surface area contributed by atoms with Crippen LogP contribution < -0.4 is 5.73 Å². The van der Waals surface area contributed by atoms with Crippen molar-refractivity contribution < 1.29 is 12.8 Å². The van der Waals surface area contributed by atoms with E-state index in [0.717, 1.165) is 6.07 Å². The van der Waals surface area contributed by atoms with E-state index >= 15 is 0 Å². The molecule has 0 aliphatic heterocycles. The predicted octanol–water partition coefficient (Wildman–Crippen LogP) is 1.82. The third-order valence-corrected chi connectivity index (χ3v) is 4.99. The minimum atomic E-state index is -3.65. The highest BCUT2D eigenvalue weighted by atomic mass is 32.2. The molecule has 1 unspecified atom stereocenters. The summed E-state index contributed by atoms with van der Waals surface area (Å²) < 4.78 is 38.7. The number of nitrogens with two attached hydrogens (primary N) is 1. The highest BCUT2D eigenvalue weighted by molar-refractivity contribution is 7.89. The zero-order chi connectivity index (χ0) is 14.6. The molecular weight excluding hydrogens is 267 g/mol. The van der Waals surface area contributed by atoms with Gasteiger partial charge in [-0.1, -0.05) is 19.9 Å². The molecule has 0 aliphatic rings. The maximum atomic E-state index is 13.1. The lowest BCUT2D eigenvalue weighted by Crippen LogP contribution is -2.34. The van der Waals surface area contributed by atoms with Gasteiger partial charge in [0.15, 0.2) is 0 Å². The first-order chi connectivity index (χ1) is 8.75. The van der Waals surface area contributed by atoms with E-state index in [1.807, 2.05) is 13.8 Å². The van der Waals surface area contributed by atoms with Crippen LogP contribution >= 0.6 is 0 Å². The molecule has 0 aliphatic carbocycles. The minimum Gasteiger partial charge on any atom is -0.327 e. The number of benzene rings is 1. The molecule has 0 spiro atoms. The number of rotatable bonds is 6. The van der Waals surface area contributed by atoms with Crippen molar-refractivity contribution >= 4 is 10.0 Å². The molecule has 0 radical (unpaired) electrons. The highest BCUT2D eigenvalue weighted by Gasteiger charge is 2.21.